The van der Waals surface area contributed by atoms with Crippen LogP contribution in [0.5, 0.6) is 0 Å². The minimum absolute atomic E-state index is 0. The van der Waals surface area contributed by atoms with Crippen molar-refractivity contribution in [2.24, 2.45) is 0 Å². The van der Waals surface area contributed by atoms with E-state index in [0.717, 1.165) is 26.4 Å². The van der Waals surface area contributed by atoms with Gasteiger partial charge in [0.15, 0.2) is 0 Å². The van der Waals surface area contributed by atoms with E-state index in [1.54, 1.807) is 0 Å². The van der Waals surface area contributed by atoms with Crippen molar-refractivity contribution in [3.05, 3.63) is 24.5 Å². The molecule has 0 unspecified atom stereocenters. The van der Waals surface area contributed by atoms with E-state index >= 15 is 0 Å². The minimum atomic E-state index is 0. The van der Waals surface area contributed by atoms with Gasteiger partial charge in [0.25, 0.3) is 0 Å². The molecule has 19 heavy (non-hydrogen) atoms. The van der Waals surface area contributed by atoms with E-state index in [0.29, 0.717) is 0 Å². The predicted molar refractivity (Wildman–Crippen MR) is 59.7 cm³/mol. The van der Waals surface area contributed by atoms with Gasteiger partial charge < -0.3 is 51.7 Å². The van der Waals surface area contributed by atoms with Crippen LogP contribution in [0.25, 0.3) is 0 Å². The standard InChI is InChI=1S/C4H4N.2C4H8O.3ClH.Zr/c3*1-2-4-5-3-1;;;;/h1-3,5H;2*1-4H2;3*1H;/q-1;;;;;;+4/p-3. The molecule has 7 heteroatoms. The number of hydrogen-bond donors (Lipinski definition) is 1. The Morgan fingerprint density at radius 3 is 1.32 bits per heavy atom. The molecule has 3 nitrogen and oxygen atoms in total. The van der Waals surface area contributed by atoms with E-state index in [-0.39, 0.29) is 63.4 Å². The maximum absolute atomic E-state index is 4.94. The van der Waals surface area contributed by atoms with Gasteiger partial charge in [0.1, 0.15) is 0 Å². The summed E-state index contributed by atoms with van der Waals surface area (Å²) in [6, 6.07) is 3.71. The van der Waals surface area contributed by atoms with Gasteiger partial charge in [-0.05, 0) is 25.7 Å². The van der Waals surface area contributed by atoms with Crippen molar-refractivity contribution >= 4 is 0 Å². The number of aromatic amines is 1. The van der Waals surface area contributed by atoms with E-state index in [2.05, 4.69) is 11.2 Å². The number of rotatable bonds is 0. The zero-order valence-corrected chi connectivity index (χ0v) is 15.6. The molecular formula is C12H20Cl3NO2Zr. The predicted octanol–water partition coefficient (Wildman–Crippen LogP) is -6.58. The fourth-order valence-corrected chi connectivity index (χ4v) is 1.26. The van der Waals surface area contributed by atoms with Gasteiger partial charge in [0.2, 0.25) is 0 Å². The molecule has 0 saturated carbocycles. The van der Waals surface area contributed by atoms with Crippen LogP contribution in [-0.2, 0) is 35.7 Å². The van der Waals surface area contributed by atoms with Crippen molar-refractivity contribution < 1.29 is 72.9 Å². The van der Waals surface area contributed by atoms with Crippen molar-refractivity contribution in [3.63, 3.8) is 0 Å². The van der Waals surface area contributed by atoms with Crippen molar-refractivity contribution in [1.82, 2.24) is 4.98 Å². The molecule has 3 heterocycles. The Morgan fingerprint density at radius 1 is 0.789 bits per heavy atom. The molecule has 0 spiro atoms. The molecule has 1 N–H and O–H groups in total. The molecule has 2 aliphatic heterocycles. The first-order valence-corrected chi connectivity index (χ1v) is 5.65. The van der Waals surface area contributed by atoms with E-state index in [1.165, 1.54) is 25.7 Å². The molecule has 0 amide bonds. The van der Waals surface area contributed by atoms with Crippen LogP contribution in [0.3, 0.4) is 0 Å². The fraction of sp³-hybridized carbons (Fsp3) is 0.667. The largest absolute Gasteiger partial charge is 4.00 e. The molecule has 2 saturated heterocycles. The average Bonchev–Trinajstić information content (AvgIpc) is 3.09. The van der Waals surface area contributed by atoms with Gasteiger partial charge in [-0.2, -0.15) is 18.3 Å². The Morgan fingerprint density at radius 2 is 1.21 bits per heavy atom. The summed E-state index contributed by atoms with van der Waals surface area (Å²) in [6.45, 7) is 4.00. The topological polar surface area (TPSA) is 34.2 Å². The number of ether oxygens (including phenoxy) is 2. The Bertz CT molecular complexity index is 166. The molecule has 0 aliphatic carbocycles. The van der Waals surface area contributed by atoms with Gasteiger partial charge in [0, 0.05) is 26.4 Å². The smallest absolute Gasteiger partial charge is 1.00 e. The molecular weight excluding hydrogens is 388 g/mol. The van der Waals surface area contributed by atoms with E-state index < -0.39 is 0 Å². The van der Waals surface area contributed by atoms with E-state index in [4.69, 9.17) is 9.47 Å². The van der Waals surface area contributed by atoms with Crippen LogP contribution in [0.4, 0.5) is 0 Å². The molecule has 3 rings (SSSR count). The summed E-state index contributed by atoms with van der Waals surface area (Å²) in [5.74, 6) is 0. The van der Waals surface area contributed by atoms with Gasteiger partial charge >= 0.3 is 26.2 Å². The Hall–Kier alpha value is 0.953. The van der Waals surface area contributed by atoms with Crippen LogP contribution >= 0.6 is 0 Å². The first-order chi connectivity index (χ1) is 7.50. The molecule has 0 bridgehead atoms. The number of H-pyrrole nitrogens is 1. The number of aromatic nitrogens is 1. The van der Waals surface area contributed by atoms with Crippen molar-refractivity contribution in [3.8, 4) is 0 Å². The van der Waals surface area contributed by atoms with Gasteiger partial charge in [-0.25, -0.2) is 0 Å². The van der Waals surface area contributed by atoms with Crippen LogP contribution in [0.2, 0.25) is 0 Å². The molecule has 110 valence electrons. The third-order valence-corrected chi connectivity index (χ3v) is 2.10. The molecule has 1 aromatic rings. The summed E-state index contributed by atoms with van der Waals surface area (Å²) in [5.41, 5.74) is 0. The monoisotopic (exact) mass is 405 g/mol. The SMILES string of the molecule is C1CCOC1.C1CCOC1.[Cl-].[Cl-].[Cl-].[Zr+4].[c-]1ccc[nH]1. The molecule has 1 aromatic heterocycles. The first-order valence-electron chi connectivity index (χ1n) is 5.65. The third-order valence-electron chi connectivity index (χ3n) is 2.10. The summed E-state index contributed by atoms with van der Waals surface area (Å²) >= 11 is 0. The molecule has 0 atom stereocenters. The second-order valence-electron chi connectivity index (χ2n) is 3.45. The molecule has 2 aliphatic rings. The first kappa shape index (κ1) is 28.2. The van der Waals surface area contributed by atoms with Crippen LogP contribution in [0.1, 0.15) is 25.7 Å². The zero-order valence-electron chi connectivity index (χ0n) is 10.8. The van der Waals surface area contributed by atoms with Gasteiger partial charge in [-0.15, -0.1) is 6.20 Å². The summed E-state index contributed by atoms with van der Waals surface area (Å²) in [5, 5.41) is 0. The fourth-order valence-electron chi connectivity index (χ4n) is 1.26. The van der Waals surface area contributed by atoms with E-state index in [1.807, 2.05) is 18.3 Å². The normalized spacial score (nSPS) is 14.7. The van der Waals surface area contributed by atoms with Crippen LogP contribution in [-0.4, -0.2) is 31.4 Å². The van der Waals surface area contributed by atoms with Crippen molar-refractivity contribution in [2.75, 3.05) is 26.4 Å². The second kappa shape index (κ2) is 24.0. The average molecular weight is 408 g/mol. The summed E-state index contributed by atoms with van der Waals surface area (Å²) in [7, 11) is 0. The molecule has 0 radical (unpaired) electrons. The van der Waals surface area contributed by atoms with Gasteiger partial charge in [-0.3, -0.25) is 0 Å². The van der Waals surface area contributed by atoms with Crippen molar-refractivity contribution in [2.45, 2.75) is 25.7 Å². The van der Waals surface area contributed by atoms with Gasteiger partial charge in [0.05, 0.1) is 0 Å². The van der Waals surface area contributed by atoms with Crippen molar-refractivity contribution in [1.29, 1.82) is 0 Å². The second-order valence-corrected chi connectivity index (χ2v) is 3.45. The summed E-state index contributed by atoms with van der Waals surface area (Å²) in [4.78, 5) is 2.74. The summed E-state index contributed by atoms with van der Waals surface area (Å²) in [6.07, 6.45) is 9.67. The third kappa shape index (κ3) is 21.4. The minimum Gasteiger partial charge on any atom is -1.00 e. The number of nitrogens with one attached hydrogen (secondary N) is 1. The number of hydrogen-bond acceptors (Lipinski definition) is 2. The Balaban J connectivity index is -0.0000000804. The maximum Gasteiger partial charge on any atom is 4.00 e. The quantitative estimate of drug-likeness (QED) is 0.434. The molecule has 0 aromatic carbocycles. The van der Waals surface area contributed by atoms with Gasteiger partial charge in [-0.1, -0.05) is 0 Å². The van der Waals surface area contributed by atoms with E-state index in [9.17, 15) is 0 Å². The van der Waals surface area contributed by atoms with Crippen LogP contribution in [0, 0.1) is 6.20 Å². The molecule has 2 fully saturated rings. The van der Waals surface area contributed by atoms with Crippen LogP contribution < -0.4 is 37.2 Å². The van der Waals surface area contributed by atoms with Crippen LogP contribution in [0.15, 0.2) is 18.3 Å². The summed E-state index contributed by atoms with van der Waals surface area (Å²) < 4.78 is 9.89. The maximum atomic E-state index is 4.94. The Labute approximate surface area is 153 Å². The zero-order chi connectivity index (χ0) is 10.6. The Kier molecular flexibility index (Phi) is 35.6. The number of halogens is 3.